The van der Waals surface area contributed by atoms with Gasteiger partial charge in [-0.05, 0) is 35.9 Å². The van der Waals surface area contributed by atoms with Crippen molar-refractivity contribution in [1.29, 1.82) is 0 Å². The Labute approximate surface area is 127 Å². The van der Waals surface area contributed by atoms with Crippen LogP contribution in [0.15, 0.2) is 42.5 Å². The lowest BCUT2D eigenvalue weighted by atomic mass is 10.1. The minimum absolute atomic E-state index is 0.172. The second kappa shape index (κ2) is 6.59. The van der Waals surface area contributed by atoms with Crippen molar-refractivity contribution in [3.8, 4) is 5.75 Å². The van der Waals surface area contributed by atoms with Crippen molar-refractivity contribution >= 4 is 17.5 Å². The van der Waals surface area contributed by atoms with Gasteiger partial charge in [0.25, 0.3) is 5.91 Å². The molecule has 0 aliphatic rings. The molecule has 0 N–H and O–H groups in total. The molecule has 0 aromatic heterocycles. The lowest BCUT2D eigenvalue weighted by Gasteiger charge is -2.18. The molecule has 5 heteroatoms. The van der Waals surface area contributed by atoms with Crippen molar-refractivity contribution in [2.75, 3.05) is 14.2 Å². The average Bonchev–Trinajstić information content (AvgIpc) is 2.46. The molecule has 0 unspecified atom stereocenters. The molecule has 0 spiro atoms. The molecule has 0 atom stereocenters. The fraction of sp³-hybridized carbons (Fsp3) is 0.188. The van der Waals surface area contributed by atoms with E-state index in [0.29, 0.717) is 22.7 Å². The van der Waals surface area contributed by atoms with Crippen LogP contribution in [-0.4, -0.2) is 25.0 Å². The summed E-state index contributed by atoms with van der Waals surface area (Å²) in [7, 11) is 3.07. The Balaban J connectivity index is 2.12. The summed E-state index contributed by atoms with van der Waals surface area (Å²) in [6.45, 7) is 0.298. The van der Waals surface area contributed by atoms with E-state index in [1.807, 2.05) is 0 Å². The quantitative estimate of drug-likeness (QED) is 0.860. The number of hydrogen-bond acceptors (Lipinski definition) is 2. The molecule has 0 saturated carbocycles. The second-order valence-electron chi connectivity index (χ2n) is 4.64. The first-order valence-corrected chi connectivity index (χ1v) is 6.72. The van der Waals surface area contributed by atoms with Crippen LogP contribution in [0.4, 0.5) is 4.39 Å². The third-order valence-corrected chi connectivity index (χ3v) is 3.29. The SMILES string of the molecule is COc1ccc(CN(C)C(=O)c2cccc(Cl)c2)cc1F. The maximum Gasteiger partial charge on any atom is 0.253 e. The standard InChI is InChI=1S/C16H15ClFNO2/c1-19(16(20)12-4-3-5-13(17)9-12)10-11-6-7-15(21-2)14(18)8-11/h3-9H,10H2,1-2H3. The highest BCUT2D eigenvalue weighted by atomic mass is 35.5. The highest BCUT2D eigenvalue weighted by Crippen LogP contribution is 2.19. The lowest BCUT2D eigenvalue weighted by Crippen LogP contribution is -2.26. The van der Waals surface area contributed by atoms with Gasteiger partial charge in [-0.2, -0.15) is 0 Å². The number of rotatable bonds is 4. The van der Waals surface area contributed by atoms with E-state index in [0.717, 1.165) is 0 Å². The van der Waals surface area contributed by atoms with Crippen molar-refractivity contribution in [1.82, 2.24) is 4.90 Å². The molecule has 0 aliphatic heterocycles. The van der Waals surface area contributed by atoms with E-state index >= 15 is 0 Å². The van der Waals surface area contributed by atoms with Crippen molar-refractivity contribution in [2.24, 2.45) is 0 Å². The molecule has 2 aromatic rings. The predicted molar refractivity (Wildman–Crippen MR) is 80.2 cm³/mol. The Morgan fingerprint density at radius 1 is 1.29 bits per heavy atom. The van der Waals surface area contributed by atoms with Crippen molar-refractivity contribution < 1.29 is 13.9 Å². The van der Waals surface area contributed by atoms with Gasteiger partial charge in [0, 0.05) is 24.2 Å². The third kappa shape index (κ3) is 3.73. The number of halogens is 2. The van der Waals surface area contributed by atoms with Gasteiger partial charge in [0.05, 0.1) is 7.11 Å². The summed E-state index contributed by atoms with van der Waals surface area (Å²) in [5.41, 5.74) is 1.19. The first kappa shape index (κ1) is 15.3. The smallest absolute Gasteiger partial charge is 0.253 e. The highest BCUT2D eigenvalue weighted by Gasteiger charge is 2.13. The molecule has 3 nitrogen and oxygen atoms in total. The Morgan fingerprint density at radius 3 is 2.67 bits per heavy atom. The molecule has 21 heavy (non-hydrogen) atoms. The van der Waals surface area contributed by atoms with E-state index in [1.165, 1.54) is 18.1 Å². The monoisotopic (exact) mass is 307 g/mol. The Morgan fingerprint density at radius 2 is 2.05 bits per heavy atom. The third-order valence-electron chi connectivity index (χ3n) is 3.05. The van der Waals surface area contributed by atoms with Gasteiger partial charge in [-0.3, -0.25) is 4.79 Å². The molecule has 2 rings (SSSR count). The molecule has 0 heterocycles. The van der Waals surface area contributed by atoms with Gasteiger partial charge in [0.15, 0.2) is 11.6 Å². The van der Waals surface area contributed by atoms with Crippen molar-refractivity contribution in [2.45, 2.75) is 6.54 Å². The predicted octanol–water partition coefficient (Wildman–Crippen LogP) is 3.76. The molecule has 1 amide bonds. The number of ether oxygens (including phenoxy) is 1. The van der Waals surface area contributed by atoms with Gasteiger partial charge in [-0.15, -0.1) is 0 Å². The zero-order valence-electron chi connectivity index (χ0n) is 11.8. The van der Waals surface area contributed by atoms with Gasteiger partial charge in [0.2, 0.25) is 0 Å². The van der Waals surface area contributed by atoms with Crippen LogP contribution in [0.25, 0.3) is 0 Å². The number of methoxy groups -OCH3 is 1. The number of carbonyl (C=O) groups is 1. The summed E-state index contributed by atoms with van der Waals surface area (Å²) >= 11 is 5.87. The van der Waals surface area contributed by atoms with Crippen LogP contribution < -0.4 is 4.74 Å². The normalized spacial score (nSPS) is 10.3. The van der Waals surface area contributed by atoms with Gasteiger partial charge in [-0.1, -0.05) is 23.7 Å². The van der Waals surface area contributed by atoms with Crippen molar-refractivity contribution in [3.63, 3.8) is 0 Å². The topological polar surface area (TPSA) is 29.5 Å². The summed E-state index contributed by atoms with van der Waals surface area (Å²) in [5, 5.41) is 0.504. The van der Waals surface area contributed by atoms with E-state index in [4.69, 9.17) is 16.3 Å². The largest absolute Gasteiger partial charge is 0.494 e. The average molecular weight is 308 g/mol. The maximum atomic E-state index is 13.6. The number of hydrogen-bond donors (Lipinski definition) is 0. The van der Waals surface area contributed by atoms with Gasteiger partial charge < -0.3 is 9.64 Å². The van der Waals surface area contributed by atoms with E-state index in [1.54, 1.807) is 43.4 Å². The molecule has 0 fully saturated rings. The Hall–Kier alpha value is -2.07. The fourth-order valence-corrected chi connectivity index (χ4v) is 2.19. The molecule has 2 aromatic carbocycles. The first-order chi connectivity index (χ1) is 10.0. The molecular formula is C16H15ClFNO2. The minimum Gasteiger partial charge on any atom is -0.494 e. The van der Waals surface area contributed by atoms with E-state index in [-0.39, 0.29) is 11.7 Å². The molecule has 110 valence electrons. The molecule has 0 radical (unpaired) electrons. The maximum absolute atomic E-state index is 13.6. The number of amides is 1. The van der Waals surface area contributed by atoms with E-state index in [2.05, 4.69) is 0 Å². The first-order valence-electron chi connectivity index (χ1n) is 6.34. The van der Waals surface area contributed by atoms with Crippen LogP contribution >= 0.6 is 11.6 Å². The van der Waals surface area contributed by atoms with Gasteiger partial charge in [-0.25, -0.2) is 4.39 Å². The summed E-state index contributed by atoms with van der Waals surface area (Å²) in [6, 6.07) is 11.4. The van der Waals surface area contributed by atoms with Crippen LogP contribution in [0, 0.1) is 5.82 Å². The van der Waals surface area contributed by atoms with Crippen molar-refractivity contribution in [3.05, 3.63) is 64.4 Å². The zero-order chi connectivity index (χ0) is 15.4. The number of carbonyl (C=O) groups excluding carboxylic acids is 1. The fourth-order valence-electron chi connectivity index (χ4n) is 2.00. The van der Waals surface area contributed by atoms with Gasteiger partial charge >= 0.3 is 0 Å². The van der Waals surface area contributed by atoms with Crippen LogP contribution in [0.5, 0.6) is 5.75 Å². The van der Waals surface area contributed by atoms with Crippen LogP contribution in [0.3, 0.4) is 0 Å². The lowest BCUT2D eigenvalue weighted by molar-refractivity contribution is 0.0785. The molecule has 0 aliphatic carbocycles. The Kier molecular flexibility index (Phi) is 4.81. The summed E-state index contributed by atoms with van der Waals surface area (Å²) in [4.78, 5) is 13.8. The second-order valence-corrected chi connectivity index (χ2v) is 5.08. The molecule has 0 saturated heterocycles. The van der Waals surface area contributed by atoms with Crippen LogP contribution in [0.1, 0.15) is 15.9 Å². The van der Waals surface area contributed by atoms with E-state index < -0.39 is 5.82 Å². The van der Waals surface area contributed by atoms with Gasteiger partial charge in [0.1, 0.15) is 0 Å². The minimum atomic E-state index is -0.446. The van der Waals surface area contributed by atoms with Crippen LogP contribution in [-0.2, 0) is 6.54 Å². The summed E-state index contributed by atoms with van der Waals surface area (Å²) < 4.78 is 18.5. The molecule has 0 bridgehead atoms. The van der Waals surface area contributed by atoms with E-state index in [9.17, 15) is 9.18 Å². The highest BCUT2D eigenvalue weighted by molar-refractivity contribution is 6.30. The number of benzene rings is 2. The number of nitrogens with zero attached hydrogens (tertiary/aromatic N) is 1. The Bertz CT molecular complexity index is 660. The zero-order valence-corrected chi connectivity index (χ0v) is 12.5. The van der Waals surface area contributed by atoms with Crippen LogP contribution in [0.2, 0.25) is 5.02 Å². The summed E-state index contributed by atoms with van der Waals surface area (Å²) in [5.74, 6) is -0.435. The summed E-state index contributed by atoms with van der Waals surface area (Å²) in [6.07, 6.45) is 0. The molecular weight excluding hydrogens is 293 g/mol.